The van der Waals surface area contributed by atoms with Crippen LogP contribution < -0.4 is 10.6 Å². The Morgan fingerprint density at radius 1 is 0.969 bits per heavy atom. The van der Waals surface area contributed by atoms with Crippen molar-refractivity contribution in [2.45, 2.75) is 33.9 Å². The molecule has 0 amide bonds. The molecule has 0 aliphatic rings. The SMILES string of the molecule is Cc1cccc(Cn2nc(C)c(NC(=S)Nc3ccn(Cc4ccccc4Cl)n3)c2C)c1. The van der Waals surface area contributed by atoms with Crippen LogP contribution in [0.4, 0.5) is 11.5 Å². The van der Waals surface area contributed by atoms with Gasteiger partial charge in [0, 0.05) is 17.3 Å². The van der Waals surface area contributed by atoms with E-state index in [1.165, 1.54) is 11.1 Å². The number of nitrogens with zero attached hydrogens (tertiary/aromatic N) is 4. The highest BCUT2D eigenvalue weighted by Crippen LogP contribution is 2.21. The highest BCUT2D eigenvalue weighted by atomic mass is 35.5. The Morgan fingerprint density at radius 3 is 2.56 bits per heavy atom. The molecular weight excluding hydrogens is 440 g/mol. The van der Waals surface area contributed by atoms with Gasteiger partial charge in [-0.1, -0.05) is 59.6 Å². The van der Waals surface area contributed by atoms with E-state index < -0.39 is 0 Å². The number of nitrogens with one attached hydrogen (secondary N) is 2. The van der Waals surface area contributed by atoms with E-state index in [4.69, 9.17) is 23.8 Å². The Morgan fingerprint density at radius 2 is 1.78 bits per heavy atom. The summed E-state index contributed by atoms with van der Waals surface area (Å²) in [5, 5.41) is 16.9. The Kier molecular flexibility index (Phi) is 6.58. The first kappa shape index (κ1) is 22.0. The molecule has 4 rings (SSSR count). The maximum absolute atomic E-state index is 6.25. The van der Waals surface area contributed by atoms with Gasteiger partial charge in [-0.15, -0.1) is 0 Å². The number of halogens is 1. The molecule has 2 aromatic heterocycles. The van der Waals surface area contributed by atoms with Crippen LogP contribution in [0.25, 0.3) is 0 Å². The number of benzene rings is 2. The van der Waals surface area contributed by atoms with Crippen LogP contribution in [0.3, 0.4) is 0 Å². The fourth-order valence-electron chi connectivity index (χ4n) is 3.59. The molecule has 0 saturated carbocycles. The van der Waals surface area contributed by atoms with Crippen molar-refractivity contribution in [1.82, 2.24) is 19.6 Å². The molecule has 8 heteroatoms. The molecule has 0 spiro atoms. The molecule has 2 N–H and O–H groups in total. The molecule has 0 bridgehead atoms. The van der Waals surface area contributed by atoms with Gasteiger partial charge in [-0.2, -0.15) is 10.2 Å². The Labute approximate surface area is 198 Å². The molecule has 0 aliphatic carbocycles. The maximum Gasteiger partial charge on any atom is 0.176 e. The van der Waals surface area contributed by atoms with Crippen LogP contribution in [-0.4, -0.2) is 24.7 Å². The summed E-state index contributed by atoms with van der Waals surface area (Å²) in [6.45, 7) is 7.41. The van der Waals surface area contributed by atoms with Gasteiger partial charge in [0.05, 0.1) is 30.2 Å². The number of thiocarbonyl (C=S) groups is 1. The number of anilines is 2. The van der Waals surface area contributed by atoms with E-state index in [2.05, 4.69) is 52.0 Å². The van der Waals surface area contributed by atoms with E-state index in [1.807, 2.05) is 59.7 Å². The molecule has 2 aromatic carbocycles. The molecule has 164 valence electrons. The quantitative estimate of drug-likeness (QED) is 0.365. The lowest BCUT2D eigenvalue weighted by Gasteiger charge is -2.10. The molecule has 2 heterocycles. The molecule has 4 aromatic rings. The maximum atomic E-state index is 6.25. The number of rotatable bonds is 6. The van der Waals surface area contributed by atoms with Gasteiger partial charge in [0.1, 0.15) is 0 Å². The minimum absolute atomic E-state index is 0.467. The number of aryl methyl sites for hydroxylation is 2. The lowest BCUT2D eigenvalue weighted by atomic mass is 10.1. The number of aromatic nitrogens is 4. The van der Waals surface area contributed by atoms with Crippen LogP contribution in [-0.2, 0) is 13.1 Å². The van der Waals surface area contributed by atoms with Gasteiger partial charge in [-0.05, 0) is 50.2 Å². The van der Waals surface area contributed by atoms with Crippen LogP contribution in [0.2, 0.25) is 5.02 Å². The molecule has 6 nitrogen and oxygen atoms in total. The summed E-state index contributed by atoms with van der Waals surface area (Å²) >= 11 is 11.8. The Hall–Kier alpha value is -3.16. The zero-order valence-electron chi connectivity index (χ0n) is 18.3. The van der Waals surface area contributed by atoms with Gasteiger partial charge < -0.3 is 10.6 Å². The normalized spacial score (nSPS) is 10.9. The monoisotopic (exact) mass is 464 g/mol. The third kappa shape index (κ3) is 5.18. The van der Waals surface area contributed by atoms with Gasteiger partial charge >= 0.3 is 0 Å². The average Bonchev–Trinajstić information content (AvgIpc) is 3.29. The lowest BCUT2D eigenvalue weighted by Crippen LogP contribution is -2.20. The second-order valence-electron chi connectivity index (χ2n) is 7.76. The van der Waals surface area contributed by atoms with Crippen molar-refractivity contribution in [3.8, 4) is 0 Å². The van der Waals surface area contributed by atoms with Gasteiger partial charge in [0.15, 0.2) is 10.9 Å². The third-order valence-electron chi connectivity index (χ3n) is 5.21. The van der Waals surface area contributed by atoms with Crippen molar-refractivity contribution in [2.75, 3.05) is 10.6 Å². The zero-order chi connectivity index (χ0) is 22.7. The summed E-state index contributed by atoms with van der Waals surface area (Å²) in [7, 11) is 0. The van der Waals surface area contributed by atoms with Gasteiger partial charge in [0.2, 0.25) is 0 Å². The lowest BCUT2D eigenvalue weighted by molar-refractivity contribution is 0.659. The summed E-state index contributed by atoms with van der Waals surface area (Å²) in [6, 6.07) is 18.1. The highest BCUT2D eigenvalue weighted by molar-refractivity contribution is 7.80. The fourth-order valence-corrected chi connectivity index (χ4v) is 4.00. The third-order valence-corrected chi connectivity index (χ3v) is 5.78. The summed E-state index contributed by atoms with van der Waals surface area (Å²) < 4.78 is 3.82. The van der Waals surface area contributed by atoms with Crippen molar-refractivity contribution in [3.63, 3.8) is 0 Å². The van der Waals surface area contributed by atoms with Crippen molar-refractivity contribution in [1.29, 1.82) is 0 Å². The summed E-state index contributed by atoms with van der Waals surface area (Å²) in [6.07, 6.45) is 1.89. The van der Waals surface area contributed by atoms with Crippen LogP contribution in [0.1, 0.15) is 28.1 Å². The first-order chi connectivity index (χ1) is 15.4. The average molecular weight is 465 g/mol. The topological polar surface area (TPSA) is 59.7 Å². The number of hydrogen-bond donors (Lipinski definition) is 2. The second kappa shape index (κ2) is 9.54. The minimum atomic E-state index is 0.467. The van der Waals surface area contributed by atoms with E-state index in [0.29, 0.717) is 24.0 Å². The molecule has 0 atom stereocenters. The standard InChI is InChI=1S/C24H25ClN6S/c1-16-7-6-8-19(13-16)14-31-18(3)23(17(2)28-31)27-24(32)26-22-11-12-30(29-22)15-20-9-4-5-10-21(20)25/h4-13H,14-15H2,1-3H3,(H2,26,27,29,32). The van der Waals surface area contributed by atoms with Crippen molar-refractivity contribution in [3.05, 3.63) is 93.9 Å². The Balaban J connectivity index is 1.41. The predicted octanol–water partition coefficient (Wildman–Crippen LogP) is 5.56. The minimum Gasteiger partial charge on any atom is -0.329 e. The summed E-state index contributed by atoms with van der Waals surface area (Å²) in [5.41, 5.74) is 6.29. The zero-order valence-corrected chi connectivity index (χ0v) is 19.8. The summed E-state index contributed by atoms with van der Waals surface area (Å²) in [5.74, 6) is 0.664. The van der Waals surface area contributed by atoms with E-state index in [-0.39, 0.29) is 0 Å². The molecule has 32 heavy (non-hydrogen) atoms. The second-order valence-corrected chi connectivity index (χ2v) is 8.58. The van der Waals surface area contributed by atoms with Crippen LogP contribution in [0.5, 0.6) is 0 Å². The van der Waals surface area contributed by atoms with Crippen molar-refractivity contribution < 1.29 is 0 Å². The van der Waals surface area contributed by atoms with Gasteiger partial charge in [-0.25, -0.2) is 0 Å². The molecule has 0 radical (unpaired) electrons. The molecular formula is C24H25ClN6S. The first-order valence-corrected chi connectivity index (χ1v) is 11.1. The van der Waals surface area contributed by atoms with Gasteiger partial charge in [-0.3, -0.25) is 9.36 Å². The van der Waals surface area contributed by atoms with Crippen LogP contribution in [0, 0.1) is 20.8 Å². The van der Waals surface area contributed by atoms with Crippen LogP contribution in [0.15, 0.2) is 60.8 Å². The van der Waals surface area contributed by atoms with E-state index in [9.17, 15) is 0 Å². The Bertz CT molecular complexity index is 1260. The van der Waals surface area contributed by atoms with Crippen molar-refractivity contribution >= 4 is 40.4 Å². The first-order valence-electron chi connectivity index (χ1n) is 10.3. The van der Waals surface area contributed by atoms with Crippen molar-refractivity contribution in [2.24, 2.45) is 0 Å². The van der Waals surface area contributed by atoms with Crippen LogP contribution >= 0.6 is 23.8 Å². The van der Waals surface area contributed by atoms with E-state index >= 15 is 0 Å². The summed E-state index contributed by atoms with van der Waals surface area (Å²) in [4.78, 5) is 0. The van der Waals surface area contributed by atoms with E-state index in [0.717, 1.165) is 27.7 Å². The highest BCUT2D eigenvalue weighted by Gasteiger charge is 2.14. The van der Waals surface area contributed by atoms with Gasteiger partial charge in [0.25, 0.3) is 0 Å². The molecule has 0 unspecified atom stereocenters. The fraction of sp³-hybridized carbons (Fsp3) is 0.208. The molecule has 0 fully saturated rings. The molecule has 0 aliphatic heterocycles. The number of hydrogen-bond acceptors (Lipinski definition) is 3. The molecule has 0 saturated heterocycles. The largest absolute Gasteiger partial charge is 0.329 e. The predicted molar refractivity (Wildman–Crippen MR) is 135 cm³/mol. The van der Waals surface area contributed by atoms with E-state index in [1.54, 1.807) is 0 Å². The smallest absolute Gasteiger partial charge is 0.176 e.